The van der Waals surface area contributed by atoms with E-state index < -0.39 is 10.9 Å². The lowest BCUT2D eigenvalue weighted by atomic mass is 10.0. The Labute approximate surface area is 115 Å². The number of para-hydroxylation sites is 1. The van der Waals surface area contributed by atoms with Crippen molar-refractivity contribution in [3.05, 3.63) is 33.9 Å². The largest absolute Gasteiger partial charge is 0.477 e. The number of carbonyl (C=O) groups is 1. The maximum absolute atomic E-state index is 11.1. The number of benzene rings is 1. The Morgan fingerprint density at radius 3 is 2.90 bits per heavy atom. The summed E-state index contributed by atoms with van der Waals surface area (Å²) >= 11 is 0. The molecule has 108 valence electrons. The van der Waals surface area contributed by atoms with Gasteiger partial charge in [-0.1, -0.05) is 6.07 Å². The molecule has 7 nitrogen and oxygen atoms in total. The van der Waals surface area contributed by atoms with Crippen molar-refractivity contribution in [2.45, 2.75) is 31.9 Å². The van der Waals surface area contributed by atoms with E-state index in [-0.39, 0.29) is 29.1 Å². The maximum atomic E-state index is 11.1. The molecule has 1 fully saturated rings. The highest BCUT2D eigenvalue weighted by Gasteiger charge is 2.27. The number of nitrogens with one attached hydrogen (secondary N) is 1. The van der Waals surface area contributed by atoms with E-state index >= 15 is 0 Å². The molecule has 1 aliphatic heterocycles. The molecular formula is C13H16N2O5. The summed E-state index contributed by atoms with van der Waals surface area (Å²) in [6, 6.07) is 4.31. The van der Waals surface area contributed by atoms with Gasteiger partial charge < -0.3 is 15.2 Å². The molecule has 0 aliphatic carbocycles. The maximum Gasteiger partial charge on any atom is 0.342 e. The van der Waals surface area contributed by atoms with Crippen molar-refractivity contribution < 1.29 is 19.6 Å². The van der Waals surface area contributed by atoms with Crippen molar-refractivity contribution in [1.29, 1.82) is 0 Å². The quantitative estimate of drug-likeness (QED) is 0.648. The lowest BCUT2D eigenvalue weighted by molar-refractivity contribution is -0.384. The zero-order valence-electron chi connectivity index (χ0n) is 11.0. The van der Waals surface area contributed by atoms with Gasteiger partial charge >= 0.3 is 11.7 Å². The van der Waals surface area contributed by atoms with E-state index in [0.717, 1.165) is 12.8 Å². The van der Waals surface area contributed by atoms with Gasteiger partial charge in [0.1, 0.15) is 11.3 Å². The third kappa shape index (κ3) is 3.05. The average molecular weight is 280 g/mol. The van der Waals surface area contributed by atoms with Gasteiger partial charge in [-0.25, -0.2) is 4.79 Å². The molecule has 2 unspecified atom stereocenters. The van der Waals surface area contributed by atoms with Gasteiger partial charge in [-0.15, -0.1) is 0 Å². The number of anilines is 1. The van der Waals surface area contributed by atoms with E-state index in [9.17, 15) is 14.9 Å². The van der Waals surface area contributed by atoms with Crippen LogP contribution in [-0.4, -0.2) is 34.8 Å². The number of aromatic carboxylic acids is 1. The van der Waals surface area contributed by atoms with Gasteiger partial charge in [0, 0.05) is 12.6 Å². The first-order valence-electron chi connectivity index (χ1n) is 6.38. The third-order valence-corrected chi connectivity index (χ3v) is 3.29. The average Bonchev–Trinajstić information content (AvgIpc) is 2.38. The molecule has 2 rings (SSSR count). The van der Waals surface area contributed by atoms with Crippen LogP contribution in [-0.2, 0) is 4.74 Å². The zero-order valence-corrected chi connectivity index (χ0v) is 11.0. The topological polar surface area (TPSA) is 102 Å². The summed E-state index contributed by atoms with van der Waals surface area (Å²) in [7, 11) is 0. The fourth-order valence-electron chi connectivity index (χ4n) is 2.38. The van der Waals surface area contributed by atoms with Gasteiger partial charge in [0.05, 0.1) is 11.0 Å². The zero-order chi connectivity index (χ0) is 14.7. The highest BCUT2D eigenvalue weighted by molar-refractivity contribution is 5.95. The van der Waals surface area contributed by atoms with E-state index in [2.05, 4.69) is 5.32 Å². The number of ether oxygens (including phenoxy) is 1. The van der Waals surface area contributed by atoms with Crippen LogP contribution in [0, 0.1) is 10.1 Å². The Hall–Kier alpha value is -2.15. The Morgan fingerprint density at radius 1 is 1.55 bits per heavy atom. The van der Waals surface area contributed by atoms with E-state index in [1.807, 2.05) is 6.92 Å². The molecule has 2 atom stereocenters. The van der Waals surface area contributed by atoms with Crippen LogP contribution in [0.5, 0.6) is 0 Å². The number of rotatable bonds is 4. The number of hydrogen-bond acceptors (Lipinski definition) is 5. The molecule has 0 saturated carbocycles. The van der Waals surface area contributed by atoms with Crippen molar-refractivity contribution in [2.24, 2.45) is 0 Å². The molecule has 1 aliphatic rings. The molecule has 0 radical (unpaired) electrons. The van der Waals surface area contributed by atoms with Crippen molar-refractivity contribution in [2.75, 3.05) is 11.9 Å². The number of nitro groups is 1. The van der Waals surface area contributed by atoms with E-state index in [0.29, 0.717) is 6.61 Å². The number of hydrogen-bond donors (Lipinski definition) is 2. The summed E-state index contributed by atoms with van der Waals surface area (Å²) in [6.07, 6.45) is 1.55. The van der Waals surface area contributed by atoms with Crippen LogP contribution in [0.25, 0.3) is 0 Å². The number of nitro benzene ring substituents is 1. The minimum atomic E-state index is -1.30. The monoisotopic (exact) mass is 280 g/mol. The van der Waals surface area contributed by atoms with Crippen LogP contribution in [0.4, 0.5) is 11.4 Å². The van der Waals surface area contributed by atoms with Gasteiger partial charge in [0.25, 0.3) is 0 Å². The molecule has 0 bridgehead atoms. The Kier molecular flexibility index (Phi) is 4.19. The second kappa shape index (κ2) is 5.87. The molecule has 1 aromatic carbocycles. The van der Waals surface area contributed by atoms with Gasteiger partial charge in [-0.2, -0.15) is 0 Å². The molecule has 0 aromatic heterocycles. The Balaban J connectivity index is 2.29. The summed E-state index contributed by atoms with van der Waals surface area (Å²) in [6.45, 7) is 2.53. The smallest absolute Gasteiger partial charge is 0.342 e. The lowest BCUT2D eigenvalue weighted by Gasteiger charge is -2.28. The first-order valence-corrected chi connectivity index (χ1v) is 6.38. The predicted octanol–water partition coefficient (Wildman–Crippen LogP) is 2.27. The summed E-state index contributed by atoms with van der Waals surface area (Å²) < 4.78 is 5.42. The first kappa shape index (κ1) is 14.3. The van der Waals surface area contributed by atoms with Gasteiger partial charge in [0.15, 0.2) is 0 Å². The van der Waals surface area contributed by atoms with Crippen LogP contribution in [0.15, 0.2) is 18.2 Å². The molecular weight excluding hydrogens is 264 g/mol. The summed E-state index contributed by atoms with van der Waals surface area (Å²) in [4.78, 5) is 21.5. The summed E-state index contributed by atoms with van der Waals surface area (Å²) in [5.41, 5.74) is -0.451. The molecule has 7 heteroatoms. The van der Waals surface area contributed by atoms with Crippen molar-refractivity contribution >= 4 is 17.3 Å². The highest BCUT2D eigenvalue weighted by Crippen LogP contribution is 2.30. The van der Waals surface area contributed by atoms with E-state index in [4.69, 9.17) is 9.84 Å². The summed E-state index contributed by atoms with van der Waals surface area (Å²) in [5.74, 6) is -1.30. The van der Waals surface area contributed by atoms with Crippen LogP contribution in [0.2, 0.25) is 0 Å². The normalized spacial score (nSPS) is 22.2. The molecule has 2 N–H and O–H groups in total. The molecule has 0 amide bonds. The van der Waals surface area contributed by atoms with Crippen LogP contribution < -0.4 is 5.32 Å². The Bertz CT molecular complexity index is 531. The Morgan fingerprint density at radius 2 is 2.30 bits per heavy atom. The first-order chi connectivity index (χ1) is 9.49. The number of carboxylic acid groups (broad SMARTS) is 1. The highest BCUT2D eigenvalue weighted by atomic mass is 16.6. The minimum absolute atomic E-state index is 0.0431. The SMILES string of the molecule is CC1CC(Nc2cccc(C(=O)O)c2[N+](=O)[O-])CCO1. The summed E-state index contributed by atoms with van der Waals surface area (Å²) in [5, 5.41) is 23.2. The minimum Gasteiger partial charge on any atom is -0.477 e. The van der Waals surface area contributed by atoms with Gasteiger partial charge in [0.2, 0.25) is 0 Å². The standard InChI is InChI=1S/C13H16N2O5/c1-8-7-9(5-6-20-8)14-11-4-2-3-10(13(16)17)12(11)15(18)19/h2-4,8-9,14H,5-7H2,1H3,(H,16,17). The fraction of sp³-hybridized carbons (Fsp3) is 0.462. The molecule has 0 spiro atoms. The van der Waals surface area contributed by atoms with Crippen LogP contribution in [0.1, 0.15) is 30.1 Å². The molecule has 1 aromatic rings. The van der Waals surface area contributed by atoms with Crippen molar-refractivity contribution in [3.63, 3.8) is 0 Å². The molecule has 1 heterocycles. The predicted molar refractivity (Wildman–Crippen MR) is 72.1 cm³/mol. The fourth-order valence-corrected chi connectivity index (χ4v) is 2.38. The number of carboxylic acids is 1. The molecule has 1 saturated heterocycles. The van der Waals surface area contributed by atoms with Crippen LogP contribution in [0.3, 0.4) is 0 Å². The van der Waals surface area contributed by atoms with E-state index in [1.54, 1.807) is 0 Å². The second-order valence-electron chi connectivity index (χ2n) is 4.81. The van der Waals surface area contributed by atoms with Crippen molar-refractivity contribution in [1.82, 2.24) is 0 Å². The third-order valence-electron chi connectivity index (χ3n) is 3.29. The van der Waals surface area contributed by atoms with Crippen molar-refractivity contribution in [3.8, 4) is 0 Å². The number of nitrogens with zero attached hydrogens (tertiary/aromatic N) is 1. The molecule has 20 heavy (non-hydrogen) atoms. The van der Waals surface area contributed by atoms with Gasteiger partial charge in [-0.3, -0.25) is 10.1 Å². The second-order valence-corrected chi connectivity index (χ2v) is 4.81. The van der Waals surface area contributed by atoms with Gasteiger partial charge in [-0.05, 0) is 31.9 Å². The van der Waals surface area contributed by atoms with Crippen LogP contribution >= 0.6 is 0 Å². The lowest BCUT2D eigenvalue weighted by Crippen LogP contribution is -2.32. The van der Waals surface area contributed by atoms with E-state index in [1.165, 1.54) is 18.2 Å².